The van der Waals surface area contributed by atoms with E-state index >= 15 is 0 Å². The van der Waals surface area contributed by atoms with Gasteiger partial charge in [-0.2, -0.15) is 0 Å². The number of carbonyl (C=O) groups excluding carboxylic acids is 1. The van der Waals surface area contributed by atoms with E-state index in [1.54, 1.807) is 24.3 Å². The first kappa shape index (κ1) is 17.3. The summed E-state index contributed by atoms with van der Waals surface area (Å²) in [6.45, 7) is 0. The molecule has 2 fully saturated rings. The predicted molar refractivity (Wildman–Crippen MR) is 91.4 cm³/mol. The summed E-state index contributed by atoms with van der Waals surface area (Å²) < 4.78 is 23.0. The SMILES string of the molecule is CO[C@@H]1O[C@H](C(O)C(=O)c2ccccc2)[C@H]2OC(c3ccccc3)O[C@@H]12. The number of hydrogen-bond acceptors (Lipinski definition) is 6. The summed E-state index contributed by atoms with van der Waals surface area (Å²) in [5.74, 6) is -0.419. The van der Waals surface area contributed by atoms with Crippen molar-refractivity contribution < 1.29 is 28.8 Å². The number of fused-ring (bicyclic) bond motifs is 1. The van der Waals surface area contributed by atoms with E-state index in [2.05, 4.69) is 0 Å². The minimum Gasteiger partial charge on any atom is -0.382 e. The maximum absolute atomic E-state index is 12.6. The van der Waals surface area contributed by atoms with Gasteiger partial charge in [0.1, 0.15) is 24.4 Å². The van der Waals surface area contributed by atoms with Crippen molar-refractivity contribution in [2.24, 2.45) is 0 Å². The number of methoxy groups -OCH3 is 1. The number of carbonyl (C=O) groups is 1. The van der Waals surface area contributed by atoms with Crippen LogP contribution in [-0.2, 0) is 18.9 Å². The van der Waals surface area contributed by atoms with Gasteiger partial charge in [-0.15, -0.1) is 0 Å². The molecule has 0 amide bonds. The zero-order valence-electron chi connectivity index (χ0n) is 14.2. The highest BCUT2D eigenvalue weighted by molar-refractivity contribution is 5.99. The number of benzene rings is 2. The number of aliphatic hydroxyl groups excluding tert-OH is 1. The molecule has 0 radical (unpaired) electrons. The van der Waals surface area contributed by atoms with Crippen LogP contribution in [0.15, 0.2) is 60.7 Å². The summed E-state index contributed by atoms with van der Waals surface area (Å²) in [5.41, 5.74) is 1.28. The van der Waals surface area contributed by atoms with E-state index in [0.717, 1.165) is 5.56 Å². The van der Waals surface area contributed by atoms with Crippen LogP contribution in [0.25, 0.3) is 0 Å². The molecule has 2 saturated heterocycles. The standard InChI is InChI=1S/C20H20O6/c1-23-20-18-17(25-19(26-18)13-10-6-3-7-11-13)16(24-20)15(22)14(21)12-8-4-2-5-9-12/h2-11,15-20,22H,1H3/t15?,16-,17-,18-,19?,20-/m1/s1. The Kier molecular flexibility index (Phi) is 4.84. The predicted octanol–water partition coefficient (Wildman–Crippen LogP) is 2.08. The fourth-order valence-corrected chi connectivity index (χ4v) is 3.40. The highest BCUT2D eigenvalue weighted by Crippen LogP contribution is 2.41. The normalized spacial score (nSPS) is 31.5. The highest BCUT2D eigenvalue weighted by Gasteiger charge is 2.56. The molecule has 0 spiro atoms. The highest BCUT2D eigenvalue weighted by atomic mass is 16.8. The van der Waals surface area contributed by atoms with Crippen LogP contribution in [0.3, 0.4) is 0 Å². The monoisotopic (exact) mass is 356 g/mol. The first-order valence-electron chi connectivity index (χ1n) is 8.50. The number of Topliss-reactive ketones (excluding diaryl/α,β-unsaturated/α-hetero) is 1. The smallest absolute Gasteiger partial charge is 0.194 e. The van der Waals surface area contributed by atoms with Crippen LogP contribution in [-0.4, -0.2) is 48.7 Å². The molecular formula is C20H20O6. The Morgan fingerprint density at radius 2 is 1.58 bits per heavy atom. The molecule has 6 nitrogen and oxygen atoms in total. The quantitative estimate of drug-likeness (QED) is 0.827. The fraction of sp³-hybridized carbons (Fsp3) is 0.350. The molecule has 4 rings (SSSR count). The first-order chi connectivity index (χ1) is 12.7. The van der Waals surface area contributed by atoms with Gasteiger partial charge in [-0.05, 0) is 0 Å². The van der Waals surface area contributed by atoms with Crippen molar-refractivity contribution in [2.75, 3.05) is 7.11 Å². The molecule has 26 heavy (non-hydrogen) atoms. The minimum absolute atomic E-state index is 0.416. The zero-order valence-corrected chi connectivity index (χ0v) is 14.2. The lowest BCUT2D eigenvalue weighted by Gasteiger charge is -2.23. The van der Waals surface area contributed by atoms with E-state index in [-0.39, 0.29) is 0 Å². The van der Waals surface area contributed by atoms with Crippen molar-refractivity contribution in [2.45, 2.75) is 37.0 Å². The molecular weight excluding hydrogens is 336 g/mol. The maximum atomic E-state index is 12.6. The van der Waals surface area contributed by atoms with Crippen LogP contribution in [0.2, 0.25) is 0 Å². The topological polar surface area (TPSA) is 74.2 Å². The number of ketones is 1. The molecule has 2 aromatic carbocycles. The van der Waals surface area contributed by atoms with Crippen LogP contribution in [0.4, 0.5) is 0 Å². The van der Waals surface area contributed by atoms with E-state index < -0.39 is 42.8 Å². The van der Waals surface area contributed by atoms with Gasteiger partial charge in [0.2, 0.25) is 0 Å². The van der Waals surface area contributed by atoms with Gasteiger partial charge in [0.25, 0.3) is 0 Å². The molecule has 0 aromatic heterocycles. The lowest BCUT2D eigenvalue weighted by atomic mass is 9.98. The Labute approximate surface area is 151 Å². The summed E-state index contributed by atoms with van der Waals surface area (Å²) in [6, 6.07) is 18.1. The Bertz CT molecular complexity index is 749. The van der Waals surface area contributed by atoms with Crippen LogP contribution >= 0.6 is 0 Å². The molecule has 6 heteroatoms. The van der Waals surface area contributed by atoms with Crippen molar-refractivity contribution in [3.63, 3.8) is 0 Å². The molecule has 0 bridgehead atoms. The van der Waals surface area contributed by atoms with E-state index in [9.17, 15) is 9.90 Å². The number of aliphatic hydroxyl groups is 1. The van der Waals surface area contributed by atoms with E-state index in [1.807, 2.05) is 36.4 Å². The molecule has 1 N–H and O–H groups in total. The summed E-state index contributed by atoms with van der Waals surface area (Å²) in [6.07, 6.45) is -4.66. The molecule has 2 unspecified atom stereocenters. The molecule has 2 aromatic rings. The van der Waals surface area contributed by atoms with Gasteiger partial charge in [0, 0.05) is 18.2 Å². The third-order valence-corrected chi connectivity index (χ3v) is 4.71. The Hall–Kier alpha value is -2.09. The molecule has 6 atom stereocenters. The Morgan fingerprint density at radius 1 is 0.962 bits per heavy atom. The van der Waals surface area contributed by atoms with Crippen molar-refractivity contribution >= 4 is 5.78 Å². The first-order valence-corrected chi connectivity index (χ1v) is 8.50. The van der Waals surface area contributed by atoms with Gasteiger partial charge >= 0.3 is 0 Å². The van der Waals surface area contributed by atoms with E-state index in [0.29, 0.717) is 5.56 Å². The van der Waals surface area contributed by atoms with Crippen molar-refractivity contribution in [3.8, 4) is 0 Å². The third-order valence-electron chi connectivity index (χ3n) is 4.71. The average molecular weight is 356 g/mol. The summed E-state index contributed by atoms with van der Waals surface area (Å²) in [4.78, 5) is 12.6. The summed E-state index contributed by atoms with van der Waals surface area (Å²) >= 11 is 0. The largest absolute Gasteiger partial charge is 0.382 e. The Morgan fingerprint density at radius 3 is 2.23 bits per heavy atom. The van der Waals surface area contributed by atoms with Crippen LogP contribution in [0.1, 0.15) is 22.2 Å². The number of ether oxygens (including phenoxy) is 4. The van der Waals surface area contributed by atoms with E-state index in [4.69, 9.17) is 18.9 Å². The van der Waals surface area contributed by atoms with Crippen molar-refractivity contribution in [3.05, 3.63) is 71.8 Å². The average Bonchev–Trinajstić information content (AvgIpc) is 3.27. The summed E-state index contributed by atoms with van der Waals surface area (Å²) in [5, 5.41) is 10.6. The van der Waals surface area contributed by atoms with Gasteiger partial charge in [0.05, 0.1) is 0 Å². The van der Waals surface area contributed by atoms with E-state index in [1.165, 1.54) is 7.11 Å². The fourth-order valence-electron chi connectivity index (χ4n) is 3.40. The molecule has 0 saturated carbocycles. The zero-order chi connectivity index (χ0) is 18.1. The van der Waals surface area contributed by atoms with Gasteiger partial charge in [-0.3, -0.25) is 4.79 Å². The minimum atomic E-state index is -1.37. The second-order valence-corrected chi connectivity index (χ2v) is 6.32. The summed E-state index contributed by atoms with van der Waals surface area (Å²) in [7, 11) is 1.49. The lowest BCUT2D eigenvalue weighted by Crippen LogP contribution is -2.42. The lowest BCUT2D eigenvalue weighted by molar-refractivity contribution is -0.206. The van der Waals surface area contributed by atoms with Crippen LogP contribution in [0, 0.1) is 0 Å². The second kappa shape index (κ2) is 7.26. The van der Waals surface area contributed by atoms with Crippen LogP contribution in [0.5, 0.6) is 0 Å². The molecule has 0 aliphatic carbocycles. The number of rotatable bonds is 5. The van der Waals surface area contributed by atoms with Gasteiger partial charge in [0.15, 0.2) is 18.4 Å². The third kappa shape index (κ3) is 3.06. The van der Waals surface area contributed by atoms with Crippen molar-refractivity contribution in [1.29, 1.82) is 0 Å². The van der Waals surface area contributed by atoms with Gasteiger partial charge in [-0.25, -0.2) is 0 Å². The van der Waals surface area contributed by atoms with Crippen molar-refractivity contribution in [1.82, 2.24) is 0 Å². The second-order valence-electron chi connectivity index (χ2n) is 6.32. The van der Waals surface area contributed by atoms with Gasteiger partial charge < -0.3 is 24.1 Å². The number of hydrogen-bond donors (Lipinski definition) is 1. The molecule has 136 valence electrons. The maximum Gasteiger partial charge on any atom is 0.194 e. The molecule has 2 aliphatic rings. The molecule has 2 aliphatic heterocycles. The van der Waals surface area contributed by atoms with Gasteiger partial charge in [-0.1, -0.05) is 60.7 Å². The Balaban J connectivity index is 1.55. The van der Waals surface area contributed by atoms with Crippen LogP contribution < -0.4 is 0 Å². The molecule has 2 heterocycles.